The fourth-order valence-electron chi connectivity index (χ4n) is 2.65. The maximum Gasteiger partial charge on any atom is 0.323 e. The van der Waals surface area contributed by atoms with Crippen molar-refractivity contribution in [2.75, 3.05) is 0 Å². The number of hydrogen-bond donors (Lipinski definition) is 3. The summed E-state index contributed by atoms with van der Waals surface area (Å²) in [6.07, 6.45) is 4.37. The van der Waals surface area contributed by atoms with Crippen LogP contribution in [-0.4, -0.2) is 26.9 Å². The second-order valence-electron chi connectivity index (χ2n) is 5.50. The first-order valence-corrected chi connectivity index (χ1v) is 8.39. The van der Waals surface area contributed by atoms with Crippen molar-refractivity contribution in [3.8, 4) is 10.6 Å². The van der Waals surface area contributed by atoms with Gasteiger partial charge >= 0.3 is 5.69 Å². The summed E-state index contributed by atoms with van der Waals surface area (Å²) in [5.41, 5.74) is 1.15. The lowest BCUT2D eigenvalue weighted by atomic mass is 10.1. The summed E-state index contributed by atoms with van der Waals surface area (Å²) < 4.78 is 0. The molecule has 0 fully saturated rings. The van der Waals surface area contributed by atoms with Crippen LogP contribution in [-0.2, 0) is 0 Å². The molecule has 2 heterocycles. The van der Waals surface area contributed by atoms with Crippen molar-refractivity contribution in [3.05, 3.63) is 62.6 Å². The number of imidazole rings is 1. The van der Waals surface area contributed by atoms with Crippen LogP contribution in [0.25, 0.3) is 22.7 Å². The molecule has 120 valence electrons. The third-order valence-electron chi connectivity index (χ3n) is 3.80. The fraction of sp³-hybridized carbons (Fsp3) is 0.118. The number of rotatable bonds is 3. The molecule has 3 N–H and O–H groups in total. The molecule has 1 unspecified atom stereocenters. The number of thiazole rings is 1. The topological polar surface area (TPSA) is 90.6 Å². The second-order valence-corrected chi connectivity index (χ2v) is 6.35. The Morgan fingerprint density at radius 1 is 1.21 bits per heavy atom. The second kappa shape index (κ2) is 5.93. The van der Waals surface area contributed by atoms with E-state index in [9.17, 15) is 9.59 Å². The highest BCUT2D eigenvalue weighted by Gasteiger charge is 2.16. The Balaban J connectivity index is 1.52. The van der Waals surface area contributed by atoms with Crippen LogP contribution in [0.2, 0.25) is 0 Å². The Morgan fingerprint density at radius 2 is 2.00 bits per heavy atom. The average Bonchev–Trinajstić information content (AvgIpc) is 3.21. The highest BCUT2D eigenvalue weighted by Crippen LogP contribution is 2.23. The quantitative estimate of drug-likeness (QED) is 0.653. The number of amides is 1. The van der Waals surface area contributed by atoms with Crippen LogP contribution in [0.3, 0.4) is 0 Å². The maximum absolute atomic E-state index is 12.4. The lowest BCUT2D eigenvalue weighted by Crippen LogP contribution is -2.40. The summed E-state index contributed by atoms with van der Waals surface area (Å²) in [7, 11) is 0. The molecule has 3 aromatic rings. The van der Waals surface area contributed by atoms with E-state index in [0.717, 1.165) is 15.9 Å². The van der Waals surface area contributed by atoms with Crippen molar-refractivity contribution in [2.45, 2.75) is 12.5 Å². The van der Waals surface area contributed by atoms with Crippen LogP contribution in [0, 0.1) is 0 Å². The molecule has 7 heteroatoms. The molecule has 0 saturated carbocycles. The van der Waals surface area contributed by atoms with Gasteiger partial charge in [-0.2, -0.15) is 0 Å². The molecule has 1 aromatic carbocycles. The number of benzene rings is 1. The molecule has 4 rings (SSSR count). The van der Waals surface area contributed by atoms with E-state index < -0.39 is 0 Å². The van der Waals surface area contributed by atoms with E-state index in [-0.39, 0.29) is 17.6 Å². The van der Waals surface area contributed by atoms with Crippen molar-refractivity contribution in [2.24, 2.45) is 0 Å². The van der Waals surface area contributed by atoms with Gasteiger partial charge in [0.05, 0.1) is 16.7 Å². The Bertz CT molecular complexity index is 1060. The molecule has 0 radical (unpaired) electrons. The van der Waals surface area contributed by atoms with Crippen LogP contribution in [0.1, 0.15) is 16.9 Å². The Labute approximate surface area is 140 Å². The number of aromatic amines is 2. The minimum Gasteiger partial charge on any atom is -0.344 e. The van der Waals surface area contributed by atoms with E-state index in [4.69, 9.17) is 0 Å². The van der Waals surface area contributed by atoms with Crippen LogP contribution < -0.4 is 21.7 Å². The van der Waals surface area contributed by atoms with E-state index in [0.29, 0.717) is 17.5 Å². The summed E-state index contributed by atoms with van der Waals surface area (Å²) in [5, 5.41) is 6.98. The van der Waals surface area contributed by atoms with E-state index in [1.54, 1.807) is 5.38 Å². The summed E-state index contributed by atoms with van der Waals surface area (Å²) in [6, 6.07) is 9.59. The number of nitrogens with one attached hydrogen (secondary N) is 3. The number of carbonyl (C=O) groups excluding carboxylic acids is 1. The van der Waals surface area contributed by atoms with Gasteiger partial charge in [0.25, 0.3) is 5.91 Å². The number of carbonyl (C=O) groups is 1. The lowest BCUT2D eigenvalue weighted by Gasteiger charge is -2.13. The zero-order valence-electron chi connectivity index (χ0n) is 12.6. The minimum atomic E-state index is -0.244. The first kappa shape index (κ1) is 14.6. The van der Waals surface area contributed by atoms with Gasteiger partial charge in [-0.15, -0.1) is 11.3 Å². The van der Waals surface area contributed by atoms with Crippen molar-refractivity contribution in [1.82, 2.24) is 20.3 Å². The van der Waals surface area contributed by atoms with Crippen molar-refractivity contribution in [1.29, 1.82) is 0 Å². The molecule has 1 atom stereocenters. The molecule has 1 aliphatic rings. The molecule has 0 saturated heterocycles. The molecule has 0 spiro atoms. The number of hydrogen-bond acceptors (Lipinski definition) is 4. The first-order valence-electron chi connectivity index (χ1n) is 7.51. The van der Waals surface area contributed by atoms with E-state index in [1.807, 2.05) is 42.5 Å². The third kappa shape index (κ3) is 2.81. The summed E-state index contributed by atoms with van der Waals surface area (Å²) in [6.45, 7) is 0. The van der Waals surface area contributed by atoms with Gasteiger partial charge in [0.1, 0.15) is 10.7 Å². The van der Waals surface area contributed by atoms with Gasteiger partial charge in [0.15, 0.2) is 0 Å². The molecule has 1 amide bonds. The Morgan fingerprint density at radius 3 is 2.83 bits per heavy atom. The van der Waals surface area contributed by atoms with Crippen LogP contribution in [0.4, 0.5) is 0 Å². The molecule has 0 bridgehead atoms. The van der Waals surface area contributed by atoms with E-state index in [2.05, 4.69) is 20.3 Å². The fourth-order valence-corrected chi connectivity index (χ4v) is 3.46. The predicted octanol–water partition coefficient (Wildman–Crippen LogP) is 0.590. The monoisotopic (exact) mass is 338 g/mol. The zero-order valence-corrected chi connectivity index (χ0v) is 13.4. The van der Waals surface area contributed by atoms with Gasteiger partial charge in [0.2, 0.25) is 0 Å². The van der Waals surface area contributed by atoms with Gasteiger partial charge < -0.3 is 15.3 Å². The van der Waals surface area contributed by atoms with Crippen molar-refractivity contribution >= 4 is 29.4 Å². The van der Waals surface area contributed by atoms with Crippen molar-refractivity contribution in [3.63, 3.8) is 0 Å². The van der Waals surface area contributed by atoms with Gasteiger partial charge in [-0.3, -0.25) is 4.79 Å². The number of nitrogens with zero attached hydrogens (tertiary/aromatic N) is 1. The Hall–Kier alpha value is -2.93. The zero-order chi connectivity index (χ0) is 16.5. The molecular weight excluding hydrogens is 324 g/mol. The van der Waals surface area contributed by atoms with Gasteiger partial charge in [-0.1, -0.05) is 36.4 Å². The summed E-state index contributed by atoms with van der Waals surface area (Å²) in [4.78, 5) is 33.5. The SMILES string of the molecule is O=C(NC1C=c2[nH]c(=O)[nH]c2=CC1)c1csc(-c2ccccc2)n1. The molecule has 6 nitrogen and oxygen atoms in total. The standard InChI is InChI=1S/C17H14N4O2S/c22-15(14-9-24-16(19-14)10-4-2-1-3-5-10)18-11-6-7-12-13(8-11)21-17(23)20-12/h1-5,7-9,11H,6H2,(H,18,22)(H2,20,21,23). The molecule has 24 heavy (non-hydrogen) atoms. The van der Waals surface area contributed by atoms with Crippen LogP contribution in [0.5, 0.6) is 0 Å². The maximum atomic E-state index is 12.4. The largest absolute Gasteiger partial charge is 0.344 e. The number of fused-ring (bicyclic) bond motifs is 1. The normalized spacial score (nSPS) is 15.9. The third-order valence-corrected chi connectivity index (χ3v) is 4.70. The summed E-state index contributed by atoms with van der Waals surface area (Å²) >= 11 is 1.44. The van der Waals surface area contributed by atoms with Crippen LogP contribution in [0.15, 0.2) is 40.5 Å². The molecule has 1 aliphatic carbocycles. The molecular formula is C17H14N4O2S. The van der Waals surface area contributed by atoms with E-state index >= 15 is 0 Å². The predicted molar refractivity (Wildman–Crippen MR) is 93.0 cm³/mol. The van der Waals surface area contributed by atoms with Gasteiger partial charge in [-0.05, 0) is 12.5 Å². The lowest BCUT2D eigenvalue weighted by molar-refractivity contribution is 0.0943. The van der Waals surface area contributed by atoms with E-state index in [1.165, 1.54) is 11.3 Å². The first-order chi connectivity index (χ1) is 11.7. The molecule has 0 aliphatic heterocycles. The van der Waals surface area contributed by atoms with Gasteiger partial charge in [-0.25, -0.2) is 9.78 Å². The van der Waals surface area contributed by atoms with Crippen LogP contribution >= 0.6 is 11.3 Å². The Kier molecular flexibility index (Phi) is 3.62. The average molecular weight is 338 g/mol. The van der Waals surface area contributed by atoms with Crippen molar-refractivity contribution < 1.29 is 4.79 Å². The molecule has 2 aromatic heterocycles. The highest BCUT2D eigenvalue weighted by molar-refractivity contribution is 7.13. The minimum absolute atomic E-state index is 0.168. The highest BCUT2D eigenvalue weighted by atomic mass is 32.1. The van der Waals surface area contributed by atoms with Gasteiger partial charge in [0, 0.05) is 10.9 Å². The smallest absolute Gasteiger partial charge is 0.323 e. The number of H-pyrrole nitrogens is 2. The summed E-state index contributed by atoms with van der Waals surface area (Å²) in [5.74, 6) is -0.218. The number of aromatic nitrogens is 3.